The predicted octanol–water partition coefficient (Wildman–Crippen LogP) is 1.95. The van der Waals surface area contributed by atoms with E-state index in [1.807, 2.05) is 6.20 Å². The van der Waals surface area contributed by atoms with E-state index >= 15 is 0 Å². The van der Waals surface area contributed by atoms with Crippen LogP contribution >= 0.6 is 0 Å². The molecule has 4 rings (SSSR count). The van der Waals surface area contributed by atoms with Crippen LogP contribution in [0.3, 0.4) is 0 Å². The molecule has 1 aromatic heterocycles. The molecule has 0 radical (unpaired) electrons. The smallest absolute Gasteiger partial charge is 0.123 e. The standard InChI is InChI=1S/C19H26N4O2/c1-13-6-14-7-18(24-3)15(8-19(14)25-13)11-22(2)12-16-9-21-23-5-4-20-10-17(16)23/h7-9,13,20H,4-6,10-12H2,1-3H3. The Balaban J connectivity index is 1.50. The lowest BCUT2D eigenvalue weighted by atomic mass is 10.1. The van der Waals surface area contributed by atoms with E-state index in [2.05, 4.69) is 46.1 Å². The maximum absolute atomic E-state index is 5.91. The van der Waals surface area contributed by atoms with E-state index < -0.39 is 0 Å². The maximum Gasteiger partial charge on any atom is 0.123 e. The van der Waals surface area contributed by atoms with Crippen LogP contribution in [0.15, 0.2) is 18.3 Å². The van der Waals surface area contributed by atoms with Crippen molar-refractivity contribution in [1.82, 2.24) is 20.0 Å². The summed E-state index contributed by atoms with van der Waals surface area (Å²) in [5.41, 5.74) is 5.00. The van der Waals surface area contributed by atoms with Crippen molar-refractivity contribution in [3.63, 3.8) is 0 Å². The lowest BCUT2D eigenvalue weighted by Crippen LogP contribution is -2.29. The fraction of sp³-hybridized carbons (Fsp3) is 0.526. The highest BCUT2D eigenvalue weighted by molar-refractivity contribution is 5.48. The molecule has 2 aliphatic rings. The molecule has 0 aliphatic carbocycles. The van der Waals surface area contributed by atoms with E-state index in [-0.39, 0.29) is 6.10 Å². The minimum Gasteiger partial charge on any atom is -0.496 e. The number of hydrogen-bond donors (Lipinski definition) is 1. The average Bonchev–Trinajstić information content (AvgIpc) is 3.16. The summed E-state index contributed by atoms with van der Waals surface area (Å²) in [5.74, 6) is 1.95. The van der Waals surface area contributed by atoms with Gasteiger partial charge in [-0.25, -0.2) is 0 Å². The lowest BCUT2D eigenvalue weighted by Gasteiger charge is -2.21. The van der Waals surface area contributed by atoms with Gasteiger partial charge >= 0.3 is 0 Å². The number of rotatable bonds is 5. The van der Waals surface area contributed by atoms with Gasteiger partial charge in [-0.15, -0.1) is 0 Å². The van der Waals surface area contributed by atoms with E-state index in [9.17, 15) is 0 Å². The van der Waals surface area contributed by atoms with Crippen molar-refractivity contribution in [3.8, 4) is 11.5 Å². The molecule has 1 N–H and O–H groups in total. The van der Waals surface area contributed by atoms with Crippen LogP contribution in [0, 0.1) is 0 Å². The molecular weight excluding hydrogens is 316 g/mol. The van der Waals surface area contributed by atoms with E-state index in [0.717, 1.165) is 56.2 Å². The van der Waals surface area contributed by atoms with Crippen LogP contribution in [0.4, 0.5) is 0 Å². The second-order valence-electron chi connectivity index (χ2n) is 7.09. The molecule has 134 valence electrons. The predicted molar refractivity (Wildman–Crippen MR) is 95.9 cm³/mol. The van der Waals surface area contributed by atoms with Gasteiger partial charge in [0.1, 0.15) is 17.6 Å². The van der Waals surface area contributed by atoms with Gasteiger partial charge in [0.15, 0.2) is 0 Å². The first-order valence-corrected chi connectivity index (χ1v) is 8.93. The second-order valence-corrected chi connectivity index (χ2v) is 7.09. The first-order chi connectivity index (χ1) is 12.1. The van der Waals surface area contributed by atoms with Gasteiger partial charge in [0.25, 0.3) is 0 Å². The minimum absolute atomic E-state index is 0.249. The Morgan fingerprint density at radius 3 is 3.04 bits per heavy atom. The number of aromatic nitrogens is 2. The number of benzene rings is 1. The Hall–Kier alpha value is -2.05. The van der Waals surface area contributed by atoms with Gasteiger partial charge in [-0.3, -0.25) is 9.58 Å². The van der Waals surface area contributed by atoms with Crippen LogP contribution in [-0.4, -0.2) is 41.5 Å². The SMILES string of the molecule is COc1cc2c(cc1CN(C)Cc1cnn3c1CNCC3)OC(C)C2. The summed E-state index contributed by atoms with van der Waals surface area (Å²) >= 11 is 0. The maximum atomic E-state index is 5.91. The molecule has 6 heteroatoms. The zero-order chi connectivity index (χ0) is 17.4. The van der Waals surface area contributed by atoms with Crippen molar-refractivity contribution in [3.05, 3.63) is 40.7 Å². The van der Waals surface area contributed by atoms with Gasteiger partial charge in [0.2, 0.25) is 0 Å². The molecule has 1 unspecified atom stereocenters. The fourth-order valence-electron chi connectivity index (χ4n) is 3.80. The third-order valence-corrected chi connectivity index (χ3v) is 5.01. The zero-order valence-corrected chi connectivity index (χ0v) is 15.2. The van der Waals surface area contributed by atoms with Gasteiger partial charge in [-0.1, -0.05) is 0 Å². The third-order valence-electron chi connectivity index (χ3n) is 5.01. The van der Waals surface area contributed by atoms with Gasteiger partial charge in [0, 0.05) is 49.3 Å². The Labute approximate surface area is 148 Å². The van der Waals surface area contributed by atoms with E-state index in [1.165, 1.54) is 16.8 Å². The van der Waals surface area contributed by atoms with Gasteiger partial charge in [-0.2, -0.15) is 5.10 Å². The van der Waals surface area contributed by atoms with E-state index in [1.54, 1.807) is 7.11 Å². The van der Waals surface area contributed by atoms with Gasteiger partial charge < -0.3 is 14.8 Å². The molecule has 0 saturated heterocycles. The summed E-state index contributed by atoms with van der Waals surface area (Å²) < 4.78 is 13.7. The summed E-state index contributed by atoms with van der Waals surface area (Å²) in [5, 5.41) is 7.94. The van der Waals surface area contributed by atoms with E-state index in [0.29, 0.717) is 0 Å². The average molecular weight is 342 g/mol. The molecule has 25 heavy (non-hydrogen) atoms. The topological polar surface area (TPSA) is 51.5 Å². The van der Waals surface area contributed by atoms with E-state index in [4.69, 9.17) is 9.47 Å². The first kappa shape index (κ1) is 16.4. The second kappa shape index (κ2) is 6.69. The molecule has 0 fully saturated rings. The Morgan fingerprint density at radius 2 is 2.20 bits per heavy atom. The fourth-order valence-corrected chi connectivity index (χ4v) is 3.80. The van der Waals surface area contributed by atoms with Crippen LogP contribution in [0.5, 0.6) is 11.5 Å². The summed E-state index contributed by atoms with van der Waals surface area (Å²) in [4.78, 5) is 2.30. The highest BCUT2D eigenvalue weighted by Gasteiger charge is 2.22. The molecule has 6 nitrogen and oxygen atoms in total. The molecule has 3 heterocycles. The molecule has 1 atom stereocenters. The zero-order valence-electron chi connectivity index (χ0n) is 15.2. The van der Waals surface area contributed by atoms with Crippen molar-refractivity contribution in [2.24, 2.45) is 0 Å². The van der Waals surface area contributed by atoms with Crippen molar-refractivity contribution >= 4 is 0 Å². The summed E-state index contributed by atoms with van der Waals surface area (Å²) in [6.45, 7) is 6.63. The van der Waals surface area contributed by atoms with Crippen LogP contribution in [0.25, 0.3) is 0 Å². The molecule has 0 saturated carbocycles. The Bertz CT molecular complexity index is 771. The van der Waals surface area contributed by atoms with Crippen LogP contribution in [0.2, 0.25) is 0 Å². The van der Waals surface area contributed by atoms with Crippen molar-refractivity contribution in [2.45, 2.75) is 45.6 Å². The van der Waals surface area contributed by atoms with Crippen LogP contribution in [-0.2, 0) is 32.6 Å². The number of nitrogens with zero attached hydrogens (tertiary/aromatic N) is 3. The highest BCUT2D eigenvalue weighted by atomic mass is 16.5. The molecular formula is C19H26N4O2. The largest absolute Gasteiger partial charge is 0.496 e. The molecule has 0 spiro atoms. The normalized spacial score (nSPS) is 18.8. The number of fused-ring (bicyclic) bond motifs is 2. The van der Waals surface area contributed by atoms with Crippen molar-refractivity contribution < 1.29 is 9.47 Å². The third kappa shape index (κ3) is 3.24. The summed E-state index contributed by atoms with van der Waals surface area (Å²) in [6, 6.07) is 4.27. The number of hydrogen-bond acceptors (Lipinski definition) is 5. The molecule has 2 aliphatic heterocycles. The van der Waals surface area contributed by atoms with Gasteiger partial charge in [0.05, 0.1) is 25.5 Å². The molecule has 0 bridgehead atoms. The van der Waals surface area contributed by atoms with Crippen molar-refractivity contribution in [1.29, 1.82) is 0 Å². The lowest BCUT2D eigenvalue weighted by molar-refractivity contribution is 0.253. The monoisotopic (exact) mass is 342 g/mol. The van der Waals surface area contributed by atoms with Gasteiger partial charge in [-0.05, 0) is 26.1 Å². The van der Waals surface area contributed by atoms with Crippen molar-refractivity contribution in [2.75, 3.05) is 20.7 Å². The summed E-state index contributed by atoms with van der Waals surface area (Å²) in [6.07, 6.45) is 3.21. The molecule has 2 aromatic rings. The Kier molecular flexibility index (Phi) is 4.39. The first-order valence-electron chi connectivity index (χ1n) is 8.93. The quantitative estimate of drug-likeness (QED) is 0.900. The molecule has 0 amide bonds. The summed E-state index contributed by atoms with van der Waals surface area (Å²) in [7, 11) is 3.88. The molecule has 1 aromatic carbocycles. The van der Waals surface area contributed by atoms with Crippen LogP contribution < -0.4 is 14.8 Å². The van der Waals surface area contributed by atoms with Crippen LogP contribution in [0.1, 0.15) is 29.3 Å². The number of ether oxygens (including phenoxy) is 2. The highest BCUT2D eigenvalue weighted by Crippen LogP contribution is 2.35. The number of methoxy groups -OCH3 is 1. The minimum atomic E-state index is 0.249. The Morgan fingerprint density at radius 1 is 1.36 bits per heavy atom. The number of nitrogens with one attached hydrogen (secondary N) is 1.